The first-order valence-corrected chi connectivity index (χ1v) is 8.41. The summed E-state index contributed by atoms with van der Waals surface area (Å²) in [7, 11) is 0. The Balaban J connectivity index is 3.37. The Morgan fingerprint density at radius 2 is 1.00 bits per heavy atom. The second kappa shape index (κ2) is 10.9. The van der Waals surface area contributed by atoms with Crippen LogP contribution < -0.4 is 0 Å². The lowest BCUT2D eigenvalue weighted by Gasteiger charge is -2.15. The van der Waals surface area contributed by atoms with Gasteiger partial charge in [-0.05, 0) is 30.1 Å². The van der Waals surface area contributed by atoms with Crippen molar-refractivity contribution in [3.63, 3.8) is 0 Å². The lowest BCUT2D eigenvalue weighted by Crippen LogP contribution is -2.01. The molecule has 0 saturated heterocycles. The van der Waals surface area contributed by atoms with Crippen LogP contribution in [0.5, 0.6) is 0 Å². The molecular weight excluding hydrogens is 216 g/mol. The molecule has 0 spiro atoms. The van der Waals surface area contributed by atoms with Gasteiger partial charge in [0.2, 0.25) is 0 Å². The van der Waals surface area contributed by atoms with E-state index in [9.17, 15) is 0 Å². The van der Waals surface area contributed by atoms with E-state index in [4.69, 9.17) is 0 Å². The van der Waals surface area contributed by atoms with E-state index in [1.807, 2.05) is 0 Å². The molecule has 110 valence electrons. The lowest BCUT2D eigenvalue weighted by atomic mass is 9.91. The maximum absolute atomic E-state index is 2.44. The molecule has 0 bridgehead atoms. The Kier molecular flexibility index (Phi) is 10.9. The van der Waals surface area contributed by atoms with Gasteiger partial charge in [-0.1, -0.05) is 86.5 Å². The molecule has 2 atom stereocenters. The van der Waals surface area contributed by atoms with Crippen LogP contribution in [0.25, 0.3) is 0 Å². The van der Waals surface area contributed by atoms with Crippen molar-refractivity contribution >= 4 is 0 Å². The third-order valence-electron chi connectivity index (χ3n) is 4.00. The fraction of sp³-hybridized carbons (Fsp3) is 1.00. The molecule has 18 heavy (non-hydrogen) atoms. The molecule has 0 fully saturated rings. The summed E-state index contributed by atoms with van der Waals surface area (Å²) in [5, 5.41) is 0. The van der Waals surface area contributed by atoms with Crippen LogP contribution in [0.4, 0.5) is 0 Å². The second-order valence-corrected chi connectivity index (χ2v) is 7.45. The maximum atomic E-state index is 2.44. The standard InChI is InChI=1S/C18H38/c1-15(2)10-9-13-17(5)11-7-8-12-18(6)14-16(3)4/h15-18H,7-14H2,1-6H3. The van der Waals surface area contributed by atoms with Gasteiger partial charge in [0.1, 0.15) is 0 Å². The Hall–Kier alpha value is 0. The van der Waals surface area contributed by atoms with Crippen molar-refractivity contribution in [2.75, 3.05) is 0 Å². The molecule has 0 radical (unpaired) electrons. The molecule has 0 N–H and O–H groups in total. The van der Waals surface area contributed by atoms with Gasteiger partial charge in [0.15, 0.2) is 0 Å². The predicted octanol–water partition coefficient (Wildman–Crippen LogP) is 6.69. The summed E-state index contributed by atoms with van der Waals surface area (Å²) >= 11 is 0. The minimum Gasteiger partial charge on any atom is -0.0628 e. The molecule has 0 rings (SSSR count). The minimum atomic E-state index is 0.870. The van der Waals surface area contributed by atoms with Gasteiger partial charge in [-0.15, -0.1) is 0 Å². The summed E-state index contributed by atoms with van der Waals surface area (Å²) in [6.07, 6.45) is 11.5. The molecule has 0 nitrogen and oxygen atoms in total. The number of hydrogen-bond donors (Lipinski definition) is 0. The average Bonchev–Trinajstić information content (AvgIpc) is 2.23. The van der Waals surface area contributed by atoms with Gasteiger partial charge < -0.3 is 0 Å². The highest BCUT2D eigenvalue weighted by atomic mass is 14.1. The van der Waals surface area contributed by atoms with Crippen molar-refractivity contribution in [3.8, 4) is 0 Å². The van der Waals surface area contributed by atoms with Gasteiger partial charge in [-0.25, -0.2) is 0 Å². The Morgan fingerprint density at radius 3 is 1.50 bits per heavy atom. The van der Waals surface area contributed by atoms with Crippen molar-refractivity contribution in [2.24, 2.45) is 23.7 Å². The van der Waals surface area contributed by atoms with Crippen LogP contribution in [0, 0.1) is 23.7 Å². The number of rotatable bonds is 11. The van der Waals surface area contributed by atoms with E-state index in [-0.39, 0.29) is 0 Å². The van der Waals surface area contributed by atoms with E-state index in [0.29, 0.717) is 0 Å². The summed E-state index contributed by atoms with van der Waals surface area (Å²) in [6, 6.07) is 0. The molecule has 0 heteroatoms. The van der Waals surface area contributed by atoms with Gasteiger partial charge in [0.05, 0.1) is 0 Å². The van der Waals surface area contributed by atoms with Crippen molar-refractivity contribution in [1.29, 1.82) is 0 Å². The molecule has 0 amide bonds. The Labute approximate surface area is 117 Å². The summed E-state index contributed by atoms with van der Waals surface area (Å²) in [5.41, 5.74) is 0. The van der Waals surface area contributed by atoms with Gasteiger partial charge >= 0.3 is 0 Å². The van der Waals surface area contributed by atoms with Gasteiger partial charge in [-0.3, -0.25) is 0 Å². The number of hydrogen-bond acceptors (Lipinski definition) is 0. The third-order valence-corrected chi connectivity index (χ3v) is 4.00. The van der Waals surface area contributed by atoms with Crippen LogP contribution >= 0.6 is 0 Å². The van der Waals surface area contributed by atoms with Crippen molar-refractivity contribution in [3.05, 3.63) is 0 Å². The first-order valence-electron chi connectivity index (χ1n) is 8.41. The van der Waals surface area contributed by atoms with E-state index in [0.717, 1.165) is 23.7 Å². The highest BCUT2D eigenvalue weighted by molar-refractivity contribution is 4.59. The summed E-state index contributed by atoms with van der Waals surface area (Å²) < 4.78 is 0. The quantitative estimate of drug-likeness (QED) is 0.360. The van der Waals surface area contributed by atoms with Crippen LogP contribution in [0.3, 0.4) is 0 Å². The average molecular weight is 255 g/mol. The van der Waals surface area contributed by atoms with Crippen LogP contribution in [0.1, 0.15) is 92.9 Å². The highest BCUT2D eigenvalue weighted by Gasteiger charge is 2.06. The topological polar surface area (TPSA) is 0 Å². The van der Waals surface area contributed by atoms with Crippen molar-refractivity contribution < 1.29 is 0 Å². The monoisotopic (exact) mass is 254 g/mol. The Bertz CT molecular complexity index is 169. The first kappa shape index (κ1) is 18.0. The smallest absolute Gasteiger partial charge is 0.0440 e. The predicted molar refractivity (Wildman–Crippen MR) is 84.9 cm³/mol. The fourth-order valence-electron chi connectivity index (χ4n) is 2.93. The van der Waals surface area contributed by atoms with E-state index < -0.39 is 0 Å². The highest BCUT2D eigenvalue weighted by Crippen LogP contribution is 2.21. The first-order chi connectivity index (χ1) is 8.41. The number of unbranched alkanes of at least 4 members (excludes halogenated alkanes) is 1. The van der Waals surface area contributed by atoms with Gasteiger partial charge in [0, 0.05) is 0 Å². The summed E-state index contributed by atoms with van der Waals surface area (Å²) in [5.74, 6) is 3.63. The van der Waals surface area contributed by atoms with E-state index in [1.165, 1.54) is 51.4 Å². The molecule has 0 aromatic heterocycles. The lowest BCUT2D eigenvalue weighted by molar-refractivity contribution is 0.378. The zero-order valence-corrected chi connectivity index (χ0v) is 14.0. The summed E-state index contributed by atoms with van der Waals surface area (Å²) in [4.78, 5) is 0. The van der Waals surface area contributed by atoms with Crippen LogP contribution in [-0.4, -0.2) is 0 Å². The molecular formula is C18H38. The van der Waals surface area contributed by atoms with E-state index in [1.54, 1.807) is 0 Å². The van der Waals surface area contributed by atoms with E-state index in [2.05, 4.69) is 41.5 Å². The molecule has 2 unspecified atom stereocenters. The molecule has 0 saturated carbocycles. The maximum Gasteiger partial charge on any atom is -0.0440 e. The minimum absolute atomic E-state index is 0.870. The molecule has 0 aliphatic carbocycles. The largest absolute Gasteiger partial charge is 0.0628 e. The third kappa shape index (κ3) is 12.5. The van der Waals surface area contributed by atoms with E-state index >= 15 is 0 Å². The zero-order valence-electron chi connectivity index (χ0n) is 14.0. The molecule has 0 aromatic rings. The molecule has 0 heterocycles. The summed E-state index contributed by atoms with van der Waals surface area (Å²) in [6.45, 7) is 14.2. The second-order valence-electron chi connectivity index (χ2n) is 7.45. The molecule has 0 aromatic carbocycles. The van der Waals surface area contributed by atoms with Crippen molar-refractivity contribution in [1.82, 2.24) is 0 Å². The SMILES string of the molecule is CC(C)CCCC(C)CCCCC(C)CC(C)C. The normalized spacial score (nSPS) is 15.3. The van der Waals surface area contributed by atoms with Crippen LogP contribution in [0.15, 0.2) is 0 Å². The molecule has 0 aliphatic heterocycles. The zero-order chi connectivity index (χ0) is 14.0. The fourth-order valence-corrected chi connectivity index (χ4v) is 2.93. The van der Waals surface area contributed by atoms with Gasteiger partial charge in [0.25, 0.3) is 0 Å². The molecule has 0 aliphatic rings. The van der Waals surface area contributed by atoms with Crippen molar-refractivity contribution in [2.45, 2.75) is 92.9 Å². The van der Waals surface area contributed by atoms with Crippen LogP contribution in [0.2, 0.25) is 0 Å². The Morgan fingerprint density at radius 1 is 0.500 bits per heavy atom. The van der Waals surface area contributed by atoms with Crippen LogP contribution in [-0.2, 0) is 0 Å². The van der Waals surface area contributed by atoms with Gasteiger partial charge in [-0.2, -0.15) is 0 Å².